The van der Waals surface area contributed by atoms with Crippen LogP contribution in [0, 0.1) is 5.92 Å². The highest BCUT2D eigenvalue weighted by molar-refractivity contribution is 6.33. The average Bonchev–Trinajstić information content (AvgIpc) is 2.71. The Morgan fingerprint density at radius 2 is 1.89 bits per heavy atom. The Bertz CT molecular complexity index is 635. The van der Waals surface area contributed by atoms with Gasteiger partial charge in [-0.2, -0.15) is 0 Å². The number of fused-ring (bicyclic) bond motifs is 1. The SMILES string of the molecule is CC1Cc2c(ccc(Oc3ccccc3)c2Cl)C1=O. The summed E-state index contributed by atoms with van der Waals surface area (Å²) in [6.07, 6.45) is 0.693. The zero-order valence-electron chi connectivity index (χ0n) is 10.5. The first-order valence-electron chi connectivity index (χ1n) is 6.25. The Hall–Kier alpha value is -1.80. The topological polar surface area (TPSA) is 26.3 Å². The summed E-state index contributed by atoms with van der Waals surface area (Å²) in [6.45, 7) is 1.93. The van der Waals surface area contributed by atoms with E-state index in [1.54, 1.807) is 6.07 Å². The van der Waals surface area contributed by atoms with Crippen LogP contribution in [0.1, 0.15) is 22.8 Å². The van der Waals surface area contributed by atoms with Gasteiger partial charge in [0.15, 0.2) is 5.78 Å². The molecular formula is C16H13ClO2. The average molecular weight is 273 g/mol. The number of carbonyl (C=O) groups is 1. The van der Waals surface area contributed by atoms with Crippen molar-refractivity contribution >= 4 is 17.4 Å². The van der Waals surface area contributed by atoms with E-state index in [4.69, 9.17) is 16.3 Å². The molecule has 1 aliphatic carbocycles. The van der Waals surface area contributed by atoms with Crippen LogP contribution in [-0.4, -0.2) is 5.78 Å². The molecule has 0 bridgehead atoms. The fourth-order valence-electron chi connectivity index (χ4n) is 2.39. The van der Waals surface area contributed by atoms with Crippen LogP contribution in [0.2, 0.25) is 5.02 Å². The molecule has 0 heterocycles. The highest BCUT2D eigenvalue weighted by Gasteiger charge is 2.30. The fraction of sp³-hybridized carbons (Fsp3) is 0.188. The maximum Gasteiger partial charge on any atom is 0.166 e. The summed E-state index contributed by atoms with van der Waals surface area (Å²) in [5.41, 5.74) is 1.64. The Labute approximate surface area is 117 Å². The van der Waals surface area contributed by atoms with Gasteiger partial charge < -0.3 is 4.74 Å². The van der Waals surface area contributed by atoms with E-state index in [0.717, 1.165) is 16.9 Å². The zero-order chi connectivity index (χ0) is 13.4. The molecule has 0 saturated heterocycles. The van der Waals surface area contributed by atoms with E-state index < -0.39 is 0 Å². The van der Waals surface area contributed by atoms with Crippen LogP contribution < -0.4 is 4.74 Å². The predicted molar refractivity (Wildman–Crippen MR) is 75.2 cm³/mol. The molecule has 0 N–H and O–H groups in total. The molecule has 0 saturated carbocycles. The summed E-state index contributed by atoms with van der Waals surface area (Å²) in [4.78, 5) is 11.9. The number of rotatable bonds is 2. The lowest BCUT2D eigenvalue weighted by molar-refractivity contribution is 0.0946. The van der Waals surface area contributed by atoms with E-state index in [2.05, 4.69) is 0 Å². The van der Waals surface area contributed by atoms with Crippen LogP contribution >= 0.6 is 11.6 Å². The molecule has 0 radical (unpaired) electrons. The van der Waals surface area contributed by atoms with E-state index in [0.29, 0.717) is 17.2 Å². The maximum absolute atomic E-state index is 11.9. The highest BCUT2D eigenvalue weighted by atomic mass is 35.5. The predicted octanol–water partition coefficient (Wildman–Crippen LogP) is 4.51. The number of halogens is 1. The van der Waals surface area contributed by atoms with Crippen molar-refractivity contribution in [3.63, 3.8) is 0 Å². The minimum atomic E-state index is 0.0134. The van der Waals surface area contributed by atoms with Gasteiger partial charge in [-0.3, -0.25) is 4.79 Å². The van der Waals surface area contributed by atoms with Crippen LogP contribution in [0.4, 0.5) is 0 Å². The zero-order valence-corrected chi connectivity index (χ0v) is 11.3. The minimum absolute atomic E-state index is 0.0134. The minimum Gasteiger partial charge on any atom is -0.456 e. The van der Waals surface area contributed by atoms with Crippen LogP contribution in [0.5, 0.6) is 11.5 Å². The first-order chi connectivity index (χ1) is 9.16. The van der Waals surface area contributed by atoms with Gasteiger partial charge in [0.05, 0.1) is 5.02 Å². The first-order valence-corrected chi connectivity index (χ1v) is 6.63. The Kier molecular flexibility index (Phi) is 3.03. The summed E-state index contributed by atoms with van der Waals surface area (Å²) in [5.74, 6) is 1.53. The highest BCUT2D eigenvalue weighted by Crippen LogP contribution is 2.39. The molecule has 0 aromatic heterocycles. The molecule has 0 amide bonds. The third kappa shape index (κ3) is 2.13. The number of ether oxygens (including phenoxy) is 1. The third-order valence-corrected chi connectivity index (χ3v) is 3.82. The van der Waals surface area contributed by atoms with Gasteiger partial charge in [-0.15, -0.1) is 0 Å². The van der Waals surface area contributed by atoms with Gasteiger partial charge in [-0.05, 0) is 36.2 Å². The number of benzene rings is 2. The molecule has 0 aliphatic heterocycles. The van der Waals surface area contributed by atoms with Crippen molar-refractivity contribution in [1.29, 1.82) is 0 Å². The fourth-order valence-corrected chi connectivity index (χ4v) is 2.67. The van der Waals surface area contributed by atoms with Gasteiger partial charge in [0.25, 0.3) is 0 Å². The number of hydrogen-bond donors (Lipinski definition) is 0. The van der Waals surface area contributed by atoms with Crippen LogP contribution in [-0.2, 0) is 6.42 Å². The second-order valence-corrected chi connectivity index (χ2v) is 5.17. The van der Waals surface area contributed by atoms with Gasteiger partial charge in [0, 0.05) is 11.5 Å². The second kappa shape index (κ2) is 4.71. The molecule has 2 aromatic carbocycles. The lowest BCUT2D eigenvalue weighted by atomic mass is 10.1. The molecule has 2 aromatic rings. The lowest BCUT2D eigenvalue weighted by Crippen LogP contribution is -2.02. The van der Waals surface area contributed by atoms with E-state index in [9.17, 15) is 4.79 Å². The molecule has 1 unspecified atom stereocenters. The third-order valence-electron chi connectivity index (χ3n) is 3.40. The molecule has 0 fully saturated rings. The van der Waals surface area contributed by atoms with Gasteiger partial charge in [0.2, 0.25) is 0 Å². The first kappa shape index (κ1) is 12.2. The molecule has 1 atom stereocenters. The number of hydrogen-bond acceptors (Lipinski definition) is 2. The molecular weight excluding hydrogens is 260 g/mol. The standard InChI is InChI=1S/C16H13ClO2/c1-10-9-13-12(16(10)18)7-8-14(15(13)17)19-11-5-3-2-4-6-11/h2-8,10H,9H2,1H3. The monoisotopic (exact) mass is 272 g/mol. The van der Waals surface area contributed by atoms with Crippen molar-refractivity contribution in [3.05, 3.63) is 58.6 Å². The van der Waals surface area contributed by atoms with Crippen LogP contribution in [0.25, 0.3) is 0 Å². The van der Waals surface area contributed by atoms with Gasteiger partial charge in [-0.1, -0.05) is 36.7 Å². The van der Waals surface area contributed by atoms with E-state index in [1.165, 1.54) is 0 Å². The van der Waals surface area contributed by atoms with E-state index in [-0.39, 0.29) is 11.7 Å². The smallest absolute Gasteiger partial charge is 0.166 e. The van der Waals surface area contributed by atoms with Crippen LogP contribution in [0.15, 0.2) is 42.5 Å². The molecule has 2 nitrogen and oxygen atoms in total. The summed E-state index contributed by atoms with van der Waals surface area (Å²) < 4.78 is 5.76. The van der Waals surface area contributed by atoms with Crippen molar-refractivity contribution in [2.24, 2.45) is 5.92 Å². The van der Waals surface area contributed by atoms with Crippen molar-refractivity contribution in [3.8, 4) is 11.5 Å². The Morgan fingerprint density at radius 3 is 2.63 bits per heavy atom. The quantitative estimate of drug-likeness (QED) is 0.804. The van der Waals surface area contributed by atoms with Gasteiger partial charge in [-0.25, -0.2) is 0 Å². The molecule has 3 rings (SSSR count). The number of ketones is 1. The molecule has 19 heavy (non-hydrogen) atoms. The molecule has 0 spiro atoms. The Morgan fingerprint density at radius 1 is 1.16 bits per heavy atom. The molecule has 1 aliphatic rings. The molecule has 96 valence electrons. The van der Waals surface area contributed by atoms with Crippen LogP contribution in [0.3, 0.4) is 0 Å². The Balaban J connectivity index is 1.98. The largest absolute Gasteiger partial charge is 0.456 e. The second-order valence-electron chi connectivity index (χ2n) is 4.79. The van der Waals surface area contributed by atoms with Crippen molar-refractivity contribution in [1.82, 2.24) is 0 Å². The summed E-state index contributed by atoms with van der Waals surface area (Å²) in [7, 11) is 0. The van der Waals surface area contributed by atoms with Crippen molar-refractivity contribution in [2.75, 3.05) is 0 Å². The number of Topliss-reactive ketones (excluding diaryl/α,β-unsaturated/α-hetero) is 1. The lowest BCUT2D eigenvalue weighted by Gasteiger charge is -2.10. The van der Waals surface area contributed by atoms with Crippen molar-refractivity contribution in [2.45, 2.75) is 13.3 Å². The van der Waals surface area contributed by atoms with E-state index in [1.807, 2.05) is 43.3 Å². The summed E-state index contributed by atoms with van der Waals surface area (Å²) in [5, 5.41) is 0.555. The van der Waals surface area contributed by atoms with Gasteiger partial charge >= 0.3 is 0 Å². The number of para-hydroxylation sites is 1. The maximum atomic E-state index is 11.9. The summed E-state index contributed by atoms with van der Waals surface area (Å²) >= 11 is 6.36. The van der Waals surface area contributed by atoms with Gasteiger partial charge in [0.1, 0.15) is 11.5 Å². The normalized spacial score (nSPS) is 17.4. The van der Waals surface area contributed by atoms with Crippen molar-refractivity contribution < 1.29 is 9.53 Å². The summed E-state index contributed by atoms with van der Waals surface area (Å²) in [6, 6.07) is 13.1. The van der Waals surface area contributed by atoms with E-state index >= 15 is 0 Å². The molecule has 3 heteroatoms. The number of carbonyl (C=O) groups excluding carboxylic acids is 1.